The minimum atomic E-state index is 0.697. The van der Waals surface area contributed by atoms with Gasteiger partial charge in [-0.1, -0.05) is 22.9 Å². The fraction of sp³-hybridized carbons (Fsp3) is 0.625. The Hall–Kier alpha value is -0.580. The van der Waals surface area contributed by atoms with E-state index in [0.717, 1.165) is 29.9 Å². The Balaban J connectivity index is 1.88. The topological polar surface area (TPSA) is 24.5 Å². The fourth-order valence-corrected chi connectivity index (χ4v) is 3.31. The standard InChI is InChI=1S/C16H25BrN2O/c1-3-19-9-5-6-15(19)12-18-11-13-10-14(17)7-8-16(13)20-4-2/h7-8,10,15,18H,3-6,9,11-12H2,1-2H3/t15-/m1/s1. The first kappa shape index (κ1) is 15.8. The molecule has 0 radical (unpaired) electrons. The number of rotatable bonds is 7. The molecule has 1 atom stereocenters. The highest BCUT2D eigenvalue weighted by Crippen LogP contribution is 2.23. The van der Waals surface area contributed by atoms with Crippen LogP contribution in [0.25, 0.3) is 0 Å². The Morgan fingerprint density at radius 1 is 1.40 bits per heavy atom. The first-order valence-electron chi connectivity index (χ1n) is 7.60. The molecule has 4 heteroatoms. The van der Waals surface area contributed by atoms with Crippen molar-refractivity contribution in [1.82, 2.24) is 10.2 Å². The molecule has 1 aromatic carbocycles. The lowest BCUT2D eigenvalue weighted by Gasteiger charge is -2.23. The van der Waals surface area contributed by atoms with Crippen LogP contribution in [0.15, 0.2) is 22.7 Å². The predicted molar refractivity (Wildman–Crippen MR) is 87.3 cm³/mol. The van der Waals surface area contributed by atoms with Crippen molar-refractivity contribution in [2.45, 2.75) is 39.3 Å². The normalized spacial score (nSPS) is 19.4. The molecule has 0 unspecified atom stereocenters. The number of likely N-dealkylation sites (N-methyl/N-ethyl adjacent to an activating group) is 1. The quantitative estimate of drug-likeness (QED) is 0.822. The number of hydrogen-bond acceptors (Lipinski definition) is 3. The zero-order valence-corrected chi connectivity index (χ0v) is 14.1. The van der Waals surface area contributed by atoms with Gasteiger partial charge >= 0.3 is 0 Å². The molecule has 0 amide bonds. The van der Waals surface area contributed by atoms with Crippen LogP contribution in [-0.2, 0) is 6.54 Å². The van der Waals surface area contributed by atoms with Gasteiger partial charge in [0.25, 0.3) is 0 Å². The second-order valence-corrected chi connectivity index (χ2v) is 6.16. The van der Waals surface area contributed by atoms with E-state index < -0.39 is 0 Å². The zero-order chi connectivity index (χ0) is 14.4. The Kier molecular flexibility index (Phi) is 6.33. The summed E-state index contributed by atoms with van der Waals surface area (Å²) in [6.07, 6.45) is 2.65. The molecule has 1 aliphatic heterocycles. The molecule has 3 nitrogen and oxygen atoms in total. The third-order valence-corrected chi connectivity index (χ3v) is 4.42. The van der Waals surface area contributed by atoms with Crippen LogP contribution in [0.1, 0.15) is 32.3 Å². The lowest BCUT2D eigenvalue weighted by molar-refractivity contribution is 0.259. The Morgan fingerprint density at radius 2 is 2.25 bits per heavy atom. The molecule has 0 spiro atoms. The maximum Gasteiger partial charge on any atom is 0.123 e. The number of nitrogens with zero attached hydrogens (tertiary/aromatic N) is 1. The smallest absolute Gasteiger partial charge is 0.123 e. The maximum absolute atomic E-state index is 5.69. The van der Waals surface area contributed by atoms with Crippen LogP contribution < -0.4 is 10.1 Å². The molecule has 20 heavy (non-hydrogen) atoms. The second kappa shape index (κ2) is 8.01. The highest BCUT2D eigenvalue weighted by atomic mass is 79.9. The molecule has 0 aliphatic carbocycles. The lowest BCUT2D eigenvalue weighted by Crippen LogP contribution is -2.37. The van der Waals surface area contributed by atoms with Crippen LogP contribution in [-0.4, -0.2) is 37.2 Å². The fourth-order valence-electron chi connectivity index (χ4n) is 2.90. The predicted octanol–water partition coefficient (Wildman–Crippen LogP) is 3.42. The van der Waals surface area contributed by atoms with Crippen LogP contribution in [0.5, 0.6) is 5.75 Å². The molecule has 1 N–H and O–H groups in total. The molecule has 1 aromatic rings. The highest BCUT2D eigenvalue weighted by molar-refractivity contribution is 9.10. The van der Waals surface area contributed by atoms with Gasteiger partial charge in [-0.2, -0.15) is 0 Å². The van der Waals surface area contributed by atoms with E-state index in [-0.39, 0.29) is 0 Å². The monoisotopic (exact) mass is 340 g/mol. The van der Waals surface area contributed by atoms with Gasteiger partial charge in [-0.05, 0) is 51.1 Å². The van der Waals surface area contributed by atoms with E-state index in [2.05, 4.69) is 39.1 Å². The van der Waals surface area contributed by atoms with Crippen LogP contribution in [0.2, 0.25) is 0 Å². The van der Waals surface area contributed by atoms with Crippen LogP contribution in [0.3, 0.4) is 0 Å². The summed E-state index contributed by atoms with van der Waals surface area (Å²) in [5, 5.41) is 3.59. The van der Waals surface area contributed by atoms with Crippen molar-refractivity contribution in [3.63, 3.8) is 0 Å². The summed E-state index contributed by atoms with van der Waals surface area (Å²) < 4.78 is 6.79. The number of benzene rings is 1. The Labute approximate surface area is 130 Å². The van der Waals surface area contributed by atoms with E-state index in [0.29, 0.717) is 12.6 Å². The second-order valence-electron chi connectivity index (χ2n) is 5.24. The van der Waals surface area contributed by atoms with E-state index in [1.807, 2.05) is 19.1 Å². The summed E-state index contributed by atoms with van der Waals surface area (Å²) in [5.41, 5.74) is 1.22. The number of nitrogens with one attached hydrogen (secondary N) is 1. The van der Waals surface area contributed by atoms with Gasteiger partial charge in [-0.3, -0.25) is 4.90 Å². The van der Waals surface area contributed by atoms with E-state index in [1.165, 1.54) is 24.9 Å². The van der Waals surface area contributed by atoms with Gasteiger partial charge in [0, 0.05) is 29.2 Å². The van der Waals surface area contributed by atoms with E-state index in [1.54, 1.807) is 0 Å². The molecular formula is C16H25BrN2O. The summed E-state index contributed by atoms with van der Waals surface area (Å²) in [5.74, 6) is 0.988. The summed E-state index contributed by atoms with van der Waals surface area (Å²) in [4.78, 5) is 2.57. The largest absolute Gasteiger partial charge is 0.494 e. The summed E-state index contributed by atoms with van der Waals surface area (Å²) in [6.45, 7) is 9.32. The zero-order valence-electron chi connectivity index (χ0n) is 12.5. The lowest BCUT2D eigenvalue weighted by atomic mass is 10.2. The van der Waals surface area contributed by atoms with E-state index in [9.17, 15) is 0 Å². The van der Waals surface area contributed by atoms with Gasteiger partial charge in [-0.25, -0.2) is 0 Å². The number of ether oxygens (including phenoxy) is 1. The molecule has 112 valence electrons. The van der Waals surface area contributed by atoms with Gasteiger partial charge in [0.1, 0.15) is 5.75 Å². The van der Waals surface area contributed by atoms with Crippen LogP contribution in [0.4, 0.5) is 0 Å². The number of likely N-dealkylation sites (tertiary alicyclic amines) is 1. The average molecular weight is 341 g/mol. The minimum absolute atomic E-state index is 0.697. The molecule has 0 saturated carbocycles. The molecule has 1 heterocycles. The van der Waals surface area contributed by atoms with Gasteiger partial charge in [0.2, 0.25) is 0 Å². The third kappa shape index (κ3) is 4.21. The van der Waals surface area contributed by atoms with Crippen LogP contribution >= 0.6 is 15.9 Å². The number of halogens is 1. The molecule has 0 aromatic heterocycles. The molecule has 1 saturated heterocycles. The SMILES string of the molecule is CCOc1ccc(Br)cc1CNC[C@H]1CCCN1CC. The summed E-state index contributed by atoms with van der Waals surface area (Å²) >= 11 is 3.53. The molecule has 2 rings (SSSR count). The van der Waals surface area contributed by atoms with Crippen molar-refractivity contribution in [2.75, 3.05) is 26.2 Å². The minimum Gasteiger partial charge on any atom is -0.494 e. The molecule has 1 aliphatic rings. The summed E-state index contributed by atoms with van der Waals surface area (Å²) in [6, 6.07) is 6.91. The maximum atomic E-state index is 5.69. The molecular weight excluding hydrogens is 316 g/mol. The Morgan fingerprint density at radius 3 is 3.00 bits per heavy atom. The van der Waals surface area contributed by atoms with Crippen molar-refractivity contribution < 1.29 is 4.74 Å². The van der Waals surface area contributed by atoms with Crippen molar-refractivity contribution in [3.05, 3.63) is 28.2 Å². The molecule has 0 bridgehead atoms. The summed E-state index contributed by atoms with van der Waals surface area (Å²) in [7, 11) is 0. The molecule has 1 fully saturated rings. The van der Waals surface area contributed by atoms with Crippen molar-refractivity contribution >= 4 is 15.9 Å². The van der Waals surface area contributed by atoms with Gasteiger partial charge in [-0.15, -0.1) is 0 Å². The first-order valence-corrected chi connectivity index (χ1v) is 8.39. The van der Waals surface area contributed by atoms with Crippen molar-refractivity contribution in [3.8, 4) is 5.75 Å². The van der Waals surface area contributed by atoms with Crippen molar-refractivity contribution in [2.24, 2.45) is 0 Å². The van der Waals surface area contributed by atoms with Gasteiger partial charge < -0.3 is 10.1 Å². The first-order chi connectivity index (χ1) is 9.74. The highest BCUT2D eigenvalue weighted by Gasteiger charge is 2.22. The van der Waals surface area contributed by atoms with E-state index in [4.69, 9.17) is 4.74 Å². The van der Waals surface area contributed by atoms with E-state index >= 15 is 0 Å². The third-order valence-electron chi connectivity index (χ3n) is 3.92. The van der Waals surface area contributed by atoms with Crippen molar-refractivity contribution in [1.29, 1.82) is 0 Å². The van der Waals surface area contributed by atoms with Crippen LogP contribution in [0, 0.1) is 0 Å². The number of hydrogen-bond donors (Lipinski definition) is 1. The van der Waals surface area contributed by atoms with Gasteiger partial charge in [0.15, 0.2) is 0 Å². The van der Waals surface area contributed by atoms with Gasteiger partial charge in [0.05, 0.1) is 6.61 Å². The Bertz CT molecular complexity index is 425. The average Bonchev–Trinajstić information content (AvgIpc) is 2.89.